The van der Waals surface area contributed by atoms with E-state index in [1.165, 1.54) is 134 Å². The monoisotopic (exact) mass is 450 g/mol. The van der Waals surface area contributed by atoms with E-state index in [9.17, 15) is 4.79 Å². The van der Waals surface area contributed by atoms with Crippen molar-refractivity contribution in [3.63, 3.8) is 0 Å². The van der Waals surface area contributed by atoms with Gasteiger partial charge in [-0.2, -0.15) is 0 Å². The Morgan fingerprint density at radius 1 is 0.469 bits per heavy atom. The number of unbranched alkanes of at least 4 members (excludes halogenated alkanes) is 19. The SMILES string of the molecule is CCC/C=C/CCCCCCC.CCCCCCCCCCCCCCCC=CC(=O)O. The lowest BCUT2D eigenvalue weighted by Crippen LogP contribution is -1.86. The maximum absolute atomic E-state index is 10.2. The number of carbonyl (C=O) groups is 1. The summed E-state index contributed by atoms with van der Waals surface area (Å²) >= 11 is 0. The summed E-state index contributed by atoms with van der Waals surface area (Å²) in [5.74, 6) is -0.834. The summed E-state index contributed by atoms with van der Waals surface area (Å²) in [4.78, 5) is 10.2. The molecule has 2 nitrogen and oxygen atoms in total. The minimum atomic E-state index is -0.834. The lowest BCUT2D eigenvalue weighted by atomic mass is 10.0. The number of hydrogen-bond donors (Lipinski definition) is 1. The van der Waals surface area contributed by atoms with E-state index < -0.39 is 5.97 Å². The van der Waals surface area contributed by atoms with Crippen LogP contribution in [0.1, 0.15) is 162 Å². The summed E-state index contributed by atoms with van der Waals surface area (Å²) in [5.41, 5.74) is 0. The van der Waals surface area contributed by atoms with Crippen LogP contribution in [-0.2, 0) is 4.79 Å². The van der Waals surface area contributed by atoms with Crippen LogP contribution in [0.25, 0.3) is 0 Å². The molecular weight excluding hydrogens is 392 g/mol. The van der Waals surface area contributed by atoms with Gasteiger partial charge < -0.3 is 5.11 Å². The Balaban J connectivity index is 0. The fourth-order valence-electron chi connectivity index (χ4n) is 3.73. The molecule has 0 atom stereocenters. The van der Waals surface area contributed by atoms with Crippen molar-refractivity contribution >= 4 is 5.97 Å². The normalized spacial score (nSPS) is 11.2. The van der Waals surface area contributed by atoms with E-state index in [0.29, 0.717) is 0 Å². The first-order valence-electron chi connectivity index (χ1n) is 14.2. The molecule has 0 fully saturated rings. The Bertz CT molecular complexity index is 398. The summed E-state index contributed by atoms with van der Waals surface area (Å²) in [5, 5.41) is 8.43. The van der Waals surface area contributed by atoms with Crippen LogP contribution < -0.4 is 0 Å². The first-order valence-corrected chi connectivity index (χ1v) is 14.2. The Hall–Kier alpha value is -1.05. The molecule has 0 amide bonds. The third-order valence-corrected chi connectivity index (χ3v) is 5.83. The third kappa shape index (κ3) is 36.3. The summed E-state index contributed by atoms with van der Waals surface area (Å²) < 4.78 is 0. The molecule has 190 valence electrons. The molecule has 0 aliphatic heterocycles. The molecule has 0 aromatic rings. The highest BCUT2D eigenvalue weighted by Crippen LogP contribution is 2.13. The molecule has 0 aliphatic rings. The van der Waals surface area contributed by atoms with Crippen LogP contribution in [-0.4, -0.2) is 11.1 Å². The first-order chi connectivity index (χ1) is 15.7. The minimum Gasteiger partial charge on any atom is -0.478 e. The number of aliphatic carboxylic acids is 1. The van der Waals surface area contributed by atoms with Crippen molar-refractivity contribution in [1.82, 2.24) is 0 Å². The van der Waals surface area contributed by atoms with Crippen molar-refractivity contribution in [2.24, 2.45) is 0 Å². The quantitative estimate of drug-likeness (QED) is 0.0954. The molecule has 0 heterocycles. The molecule has 2 heteroatoms. The van der Waals surface area contributed by atoms with Gasteiger partial charge >= 0.3 is 5.97 Å². The van der Waals surface area contributed by atoms with Gasteiger partial charge in [0.2, 0.25) is 0 Å². The predicted octanol–water partition coefficient (Wildman–Crippen LogP) is 10.8. The highest BCUT2D eigenvalue weighted by Gasteiger charge is 1.93. The number of allylic oxidation sites excluding steroid dienone is 3. The van der Waals surface area contributed by atoms with Crippen molar-refractivity contribution in [2.45, 2.75) is 162 Å². The van der Waals surface area contributed by atoms with E-state index in [-0.39, 0.29) is 0 Å². The van der Waals surface area contributed by atoms with E-state index in [4.69, 9.17) is 5.11 Å². The summed E-state index contributed by atoms with van der Waals surface area (Å²) in [6, 6.07) is 0. The molecule has 0 saturated carbocycles. The lowest BCUT2D eigenvalue weighted by molar-refractivity contribution is -0.131. The second-order valence-electron chi connectivity index (χ2n) is 9.23. The smallest absolute Gasteiger partial charge is 0.327 e. The summed E-state index contributed by atoms with van der Waals surface area (Å²) in [7, 11) is 0. The van der Waals surface area contributed by atoms with Crippen LogP contribution in [0.5, 0.6) is 0 Å². The Morgan fingerprint density at radius 2 is 0.812 bits per heavy atom. The highest BCUT2D eigenvalue weighted by molar-refractivity contribution is 5.79. The van der Waals surface area contributed by atoms with Gasteiger partial charge in [-0.1, -0.05) is 148 Å². The third-order valence-electron chi connectivity index (χ3n) is 5.83. The molecule has 0 spiro atoms. The fourth-order valence-corrected chi connectivity index (χ4v) is 3.73. The van der Waals surface area contributed by atoms with Crippen molar-refractivity contribution in [2.75, 3.05) is 0 Å². The van der Waals surface area contributed by atoms with E-state index in [0.717, 1.165) is 12.8 Å². The second kappa shape index (κ2) is 32.1. The summed E-state index contributed by atoms with van der Waals surface area (Å²) in [6.45, 7) is 6.76. The van der Waals surface area contributed by atoms with Crippen LogP contribution >= 0.6 is 0 Å². The van der Waals surface area contributed by atoms with Gasteiger partial charge in [0.15, 0.2) is 0 Å². The van der Waals surface area contributed by atoms with Crippen LogP contribution in [0.4, 0.5) is 0 Å². The molecule has 1 N–H and O–H groups in total. The Morgan fingerprint density at radius 3 is 1.19 bits per heavy atom. The molecule has 0 aliphatic carbocycles. The largest absolute Gasteiger partial charge is 0.478 e. The van der Waals surface area contributed by atoms with Crippen molar-refractivity contribution in [3.05, 3.63) is 24.3 Å². The van der Waals surface area contributed by atoms with E-state index >= 15 is 0 Å². The van der Waals surface area contributed by atoms with Gasteiger partial charge in [-0.3, -0.25) is 0 Å². The molecule has 0 saturated heterocycles. The van der Waals surface area contributed by atoms with Crippen molar-refractivity contribution < 1.29 is 9.90 Å². The number of rotatable bonds is 23. The maximum atomic E-state index is 10.2. The second-order valence-corrected chi connectivity index (χ2v) is 9.23. The van der Waals surface area contributed by atoms with Crippen LogP contribution in [0.15, 0.2) is 24.3 Å². The average Bonchev–Trinajstić information content (AvgIpc) is 2.78. The zero-order valence-corrected chi connectivity index (χ0v) is 22.2. The van der Waals surface area contributed by atoms with Crippen LogP contribution in [0, 0.1) is 0 Å². The Labute approximate surface area is 202 Å². The molecule has 0 bridgehead atoms. The van der Waals surface area contributed by atoms with Crippen molar-refractivity contribution in [3.8, 4) is 0 Å². The standard InChI is InChI=1S/C18H34O2.C12H24/c1-2-3-4-5-6-7-8-9-10-11-12-13-14-15-16-17-18(19)20;1-3-5-7-9-11-12-10-8-6-4-2/h16-17H,2-15H2,1H3,(H,19,20);7,9H,3-6,8,10-12H2,1-2H3/b;9-7+. The van der Waals surface area contributed by atoms with E-state index in [1.807, 2.05) is 0 Å². The van der Waals surface area contributed by atoms with E-state index in [2.05, 4.69) is 32.9 Å². The maximum Gasteiger partial charge on any atom is 0.327 e. The van der Waals surface area contributed by atoms with Gasteiger partial charge in [-0.25, -0.2) is 4.79 Å². The zero-order chi connectivity index (χ0) is 24.0. The highest BCUT2D eigenvalue weighted by atomic mass is 16.4. The topological polar surface area (TPSA) is 37.3 Å². The van der Waals surface area contributed by atoms with Crippen LogP contribution in [0.2, 0.25) is 0 Å². The number of carboxylic acids is 1. The van der Waals surface area contributed by atoms with Gasteiger partial charge in [-0.15, -0.1) is 0 Å². The summed E-state index contributed by atoms with van der Waals surface area (Å²) in [6.07, 6.45) is 37.1. The fraction of sp³-hybridized carbons (Fsp3) is 0.833. The molecule has 0 aromatic carbocycles. The molecule has 32 heavy (non-hydrogen) atoms. The number of carboxylic acid groups (broad SMARTS) is 1. The van der Waals surface area contributed by atoms with Gasteiger partial charge in [0, 0.05) is 6.08 Å². The van der Waals surface area contributed by atoms with Gasteiger partial charge in [-0.05, 0) is 32.1 Å². The Kier molecular flexibility index (Phi) is 33.3. The lowest BCUT2D eigenvalue weighted by Gasteiger charge is -2.02. The van der Waals surface area contributed by atoms with Crippen molar-refractivity contribution in [1.29, 1.82) is 0 Å². The molecule has 0 radical (unpaired) electrons. The molecule has 0 aromatic heterocycles. The minimum absolute atomic E-state index is 0.834. The first kappa shape index (κ1) is 33.1. The predicted molar refractivity (Wildman–Crippen MR) is 145 cm³/mol. The van der Waals surface area contributed by atoms with Gasteiger partial charge in [0.1, 0.15) is 0 Å². The average molecular weight is 451 g/mol. The van der Waals surface area contributed by atoms with E-state index in [1.54, 1.807) is 6.08 Å². The van der Waals surface area contributed by atoms with Gasteiger partial charge in [0.05, 0.1) is 0 Å². The number of hydrogen-bond acceptors (Lipinski definition) is 1. The molecule has 0 rings (SSSR count). The molecular formula is C30H58O2. The van der Waals surface area contributed by atoms with Crippen LogP contribution in [0.3, 0.4) is 0 Å². The van der Waals surface area contributed by atoms with Gasteiger partial charge in [0.25, 0.3) is 0 Å². The zero-order valence-electron chi connectivity index (χ0n) is 22.2. The molecule has 0 unspecified atom stereocenters.